The summed E-state index contributed by atoms with van der Waals surface area (Å²) in [6, 6.07) is 12.1. The Labute approximate surface area is 133 Å². The Hall–Kier alpha value is -3.02. The second-order valence-electron chi connectivity index (χ2n) is 5.24. The molecule has 0 spiro atoms. The summed E-state index contributed by atoms with van der Waals surface area (Å²) >= 11 is 0. The van der Waals surface area contributed by atoms with E-state index in [0.717, 1.165) is 11.3 Å². The number of halogens is 1. The van der Waals surface area contributed by atoms with Gasteiger partial charge in [0.05, 0.1) is 6.20 Å². The van der Waals surface area contributed by atoms with Crippen LogP contribution in [0.2, 0.25) is 0 Å². The summed E-state index contributed by atoms with van der Waals surface area (Å²) in [7, 11) is 0. The summed E-state index contributed by atoms with van der Waals surface area (Å²) in [6.07, 6.45) is 1.55. The first-order chi connectivity index (χ1) is 11.1. The van der Waals surface area contributed by atoms with Crippen LogP contribution < -0.4 is 10.6 Å². The van der Waals surface area contributed by atoms with Gasteiger partial charge in [-0.1, -0.05) is 17.7 Å². The molecule has 2 aromatic carbocycles. The van der Waals surface area contributed by atoms with Gasteiger partial charge in [-0.2, -0.15) is 10.1 Å². The van der Waals surface area contributed by atoms with E-state index in [1.807, 2.05) is 26.0 Å². The van der Waals surface area contributed by atoms with Gasteiger partial charge in [0.1, 0.15) is 5.82 Å². The van der Waals surface area contributed by atoms with Crippen molar-refractivity contribution in [2.45, 2.75) is 13.8 Å². The molecule has 23 heavy (non-hydrogen) atoms. The van der Waals surface area contributed by atoms with Gasteiger partial charge in [-0.05, 0) is 49.7 Å². The van der Waals surface area contributed by atoms with Gasteiger partial charge in [-0.15, -0.1) is 5.10 Å². The minimum Gasteiger partial charge on any atom is -0.339 e. The largest absolute Gasteiger partial charge is 0.339 e. The van der Waals surface area contributed by atoms with Crippen LogP contribution in [0, 0.1) is 19.7 Å². The van der Waals surface area contributed by atoms with Crippen molar-refractivity contribution in [2.24, 2.45) is 0 Å². The fraction of sp³-hybridized carbons (Fsp3) is 0.118. The van der Waals surface area contributed by atoms with Crippen molar-refractivity contribution in [1.29, 1.82) is 0 Å². The average Bonchev–Trinajstić information content (AvgIpc) is 2.53. The number of aromatic nitrogens is 3. The summed E-state index contributed by atoms with van der Waals surface area (Å²) in [6.45, 7) is 4.08. The molecule has 0 saturated carbocycles. The first kappa shape index (κ1) is 14.9. The van der Waals surface area contributed by atoms with Gasteiger partial charge in [0.15, 0.2) is 5.82 Å². The minimum atomic E-state index is -0.292. The third-order valence-corrected chi connectivity index (χ3v) is 3.30. The maximum Gasteiger partial charge on any atom is 0.249 e. The maximum absolute atomic E-state index is 12.9. The fourth-order valence-electron chi connectivity index (χ4n) is 2.17. The Kier molecular flexibility index (Phi) is 4.14. The molecule has 0 bridgehead atoms. The highest BCUT2D eigenvalue weighted by molar-refractivity contribution is 5.61. The fourth-order valence-corrected chi connectivity index (χ4v) is 2.17. The molecule has 6 heteroatoms. The molecule has 1 heterocycles. The first-order valence-electron chi connectivity index (χ1n) is 7.17. The van der Waals surface area contributed by atoms with Gasteiger partial charge in [0, 0.05) is 11.4 Å². The van der Waals surface area contributed by atoms with Gasteiger partial charge >= 0.3 is 0 Å². The van der Waals surface area contributed by atoms with Gasteiger partial charge in [0.2, 0.25) is 5.95 Å². The number of hydrogen-bond acceptors (Lipinski definition) is 5. The van der Waals surface area contributed by atoms with Crippen LogP contribution in [0.15, 0.2) is 48.7 Å². The van der Waals surface area contributed by atoms with Crippen molar-refractivity contribution in [3.63, 3.8) is 0 Å². The normalized spacial score (nSPS) is 10.4. The molecule has 0 atom stereocenters. The summed E-state index contributed by atoms with van der Waals surface area (Å²) < 4.78 is 12.9. The topological polar surface area (TPSA) is 62.7 Å². The summed E-state index contributed by atoms with van der Waals surface area (Å²) in [5.74, 6) is 0.628. The number of rotatable bonds is 4. The molecule has 0 aliphatic heterocycles. The van der Waals surface area contributed by atoms with Crippen LogP contribution in [0.1, 0.15) is 11.1 Å². The van der Waals surface area contributed by atoms with E-state index in [0.29, 0.717) is 17.5 Å². The van der Waals surface area contributed by atoms with Crippen molar-refractivity contribution >= 4 is 23.1 Å². The lowest BCUT2D eigenvalue weighted by Crippen LogP contribution is -2.03. The number of nitrogens with one attached hydrogen (secondary N) is 2. The number of nitrogens with zero attached hydrogens (tertiary/aromatic N) is 3. The molecule has 2 N–H and O–H groups in total. The monoisotopic (exact) mass is 309 g/mol. The molecule has 0 amide bonds. The molecule has 116 valence electrons. The van der Waals surface area contributed by atoms with E-state index in [4.69, 9.17) is 0 Å². The van der Waals surface area contributed by atoms with E-state index < -0.39 is 0 Å². The van der Waals surface area contributed by atoms with Crippen LogP contribution in [0.3, 0.4) is 0 Å². The molecule has 0 radical (unpaired) electrons. The number of aryl methyl sites for hydroxylation is 2. The number of anilines is 4. The van der Waals surface area contributed by atoms with Crippen molar-refractivity contribution in [3.05, 3.63) is 65.6 Å². The molecule has 0 aliphatic carbocycles. The van der Waals surface area contributed by atoms with E-state index >= 15 is 0 Å². The Morgan fingerprint density at radius 3 is 2.48 bits per heavy atom. The molecule has 0 fully saturated rings. The van der Waals surface area contributed by atoms with Crippen molar-refractivity contribution in [2.75, 3.05) is 10.6 Å². The molecular weight excluding hydrogens is 293 g/mol. The Balaban J connectivity index is 1.78. The standard InChI is InChI=1S/C17H16FN5/c1-11-3-8-15(12(2)9-11)21-16-10-19-23-17(22-16)20-14-6-4-13(18)5-7-14/h3-10H,1-2H3,(H2,20,21,22,23). The van der Waals surface area contributed by atoms with Crippen molar-refractivity contribution in [1.82, 2.24) is 15.2 Å². The Morgan fingerprint density at radius 2 is 1.74 bits per heavy atom. The van der Waals surface area contributed by atoms with Gasteiger partial charge in [-0.25, -0.2) is 4.39 Å². The molecule has 5 nitrogen and oxygen atoms in total. The molecule has 3 aromatic rings. The third kappa shape index (κ3) is 3.79. The smallest absolute Gasteiger partial charge is 0.249 e. The zero-order valence-corrected chi connectivity index (χ0v) is 12.8. The van der Waals surface area contributed by atoms with E-state index in [-0.39, 0.29) is 5.82 Å². The van der Waals surface area contributed by atoms with E-state index in [1.54, 1.807) is 18.3 Å². The SMILES string of the molecule is Cc1ccc(Nc2cnnc(Nc3ccc(F)cc3)n2)c(C)c1. The number of benzene rings is 2. The van der Waals surface area contributed by atoms with Crippen molar-refractivity contribution < 1.29 is 4.39 Å². The van der Waals surface area contributed by atoms with Crippen LogP contribution >= 0.6 is 0 Å². The Morgan fingerprint density at radius 1 is 0.957 bits per heavy atom. The summed E-state index contributed by atoms with van der Waals surface area (Å²) in [5, 5.41) is 14.1. The van der Waals surface area contributed by atoms with Gasteiger partial charge in [-0.3, -0.25) is 0 Å². The highest BCUT2D eigenvalue weighted by atomic mass is 19.1. The predicted molar refractivity (Wildman–Crippen MR) is 88.7 cm³/mol. The lowest BCUT2D eigenvalue weighted by atomic mass is 10.1. The molecule has 0 unspecified atom stereocenters. The van der Waals surface area contributed by atoms with Gasteiger partial charge < -0.3 is 10.6 Å². The van der Waals surface area contributed by atoms with E-state index in [1.165, 1.54) is 17.7 Å². The lowest BCUT2D eigenvalue weighted by Gasteiger charge is -2.10. The number of hydrogen-bond donors (Lipinski definition) is 2. The quantitative estimate of drug-likeness (QED) is 0.759. The van der Waals surface area contributed by atoms with E-state index in [9.17, 15) is 4.39 Å². The summed E-state index contributed by atoms with van der Waals surface area (Å²) in [5.41, 5.74) is 3.98. The maximum atomic E-state index is 12.9. The molecule has 3 rings (SSSR count). The van der Waals surface area contributed by atoms with Crippen LogP contribution in [0.5, 0.6) is 0 Å². The first-order valence-corrected chi connectivity index (χ1v) is 7.17. The van der Waals surface area contributed by atoms with Crippen LogP contribution in [0.4, 0.5) is 27.5 Å². The average molecular weight is 309 g/mol. The summed E-state index contributed by atoms with van der Waals surface area (Å²) in [4.78, 5) is 4.36. The zero-order chi connectivity index (χ0) is 16.2. The molecular formula is C17H16FN5. The van der Waals surface area contributed by atoms with Crippen LogP contribution in [-0.4, -0.2) is 15.2 Å². The van der Waals surface area contributed by atoms with Crippen molar-refractivity contribution in [3.8, 4) is 0 Å². The molecule has 0 aliphatic rings. The lowest BCUT2D eigenvalue weighted by molar-refractivity contribution is 0.628. The van der Waals surface area contributed by atoms with Crippen LogP contribution in [0.25, 0.3) is 0 Å². The highest BCUT2D eigenvalue weighted by Crippen LogP contribution is 2.21. The van der Waals surface area contributed by atoms with E-state index in [2.05, 4.69) is 31.9 Å². The second-order valence-corrected chi connectivity index (χ2v) is 5.24. The highest BCUT2D eigenvalue weighted by Gasteiger charge is 2.04. The molecule has 1 aromatic heterocycles. The third-order valence-electron chi connectivity index (χ3n) is 3.30. The second kappa shape index (κ2) is 6.39. The Bertz CT molecular complexity index is 817. The van der Waals surface area contributed by atoms with Crippen LogP contribution in [-0.2, 0) is 0 Å². The molecule has 0 saturated heterocycles. The van der Waals surface area contributed by atoms with Gasteiger partial charge in [0.25, 0.3) is 0 Å². The predicted octanol–water partition coefficient (Wildman–Crippen LogP) is 4.11. The zero-order valence-electron chi connectivity index (χ0n) is 12.8. The minimum absolute atomic E-state index is 0.292.